The monoisotopic (exact) mass is 267 g/mol. The molecular formula is C14H21NO4. The molecule has 1 N–H and O–H groups in total. The number of amides is 1. The SMILES string of the molecule is COc1ccc(CCNC(=O)C(C)OC)cc1OC. The number of methoxy groups -OCH3 is 3. The molecule has 0 bridgehead atoms. The fourth-order valence-electron chi connectivity index (χ4n) is 1.62. The zero-order valence-corrected chi connectivity index (χ0v) is 11.9. The number of rotatable bonds is 7. The number of carbonyl (C=O) groups excluding carboxylic acids is 1. The van der Waals surface area contributed by atoms with Crippen LogP contribution in [0.15, 0.2) is 18.2 Å². The van der Waals surface area contributed by atoms with Gasteiger partial charge in [0.25, 0.3) is 0 Å². The van der Waals surface area contributed by atoms with E-state index in [9.17, 15) is 4.79 Å². The summed E-state index contributed by atoms with van der Waals surface area (Å²) in [6.45, 7) is 2.27. The second-order valence-electron chi connectivity index (χ2n) is 4.11. The van der Waals surface area contributed by atoms with Crippen molar-refractivity contribution in [2.24, 2.45) is 0 Å². The first-order chi connectivity index (χ1) is 9.12. The Morgan fingerprint density at radius 3 is 2.47 bits per heavy atom. The van der Waals surface area contributed by atoms with E-state index >= 15 is 0 Å². The number of hydrogen-bond acceptors (Lipinski definition) is 4. The second-order valence-corrected chi connectivity index (χ2v) is 4.11. The molecule has 0 aromatic heterocycles. The van der Waals surface area contributed by atoms with Crippen LogP contribution in [0, 0.1) is 0 Å². The molecule has 0 heterocycles. The van der Waals surface area contributed by atoms with E-state index in [1.54, 1.807) is 21.1 Å². The molecule has 19 heavy (non-hydrogen) atoms. The van der Waals surface area contributed by atoms with E-state index in [1.165, 1.54) is 7.11 Å². The highest BCUT2D eigenvalue weighted by Gasteiger charge is 2.10. The molecule has 1 unspecified atom stereocenters. The molecule has 0 aliphatic carbocycles. The number of benzene rings is 1. The zero-order chi connectivity index (χ0) is 14.3. The van der Waals surface area contributed by atoms with E-state index in [0.717, 1.165) is 12.0 Å². The van der Waals surface area contributed by atoms with Crippen molar-refractivity contribution in [3.8, 4) is 11.5 Å². The fourth-order valence-corrected chi connectivity index (χ4v) is 1.62. The number of ether oxygens (including phenoxy) is 3. The lowest BCUT2D eigenvalue weighted by Crippen LogP contribution is -2.35. The lowest BCUT2D eigenvalue weighted by molar-refractivity contribution is -0.129. The lowest BCUT2D eigenvalue weighted by atomic mass is 10.1. The number of nitrogens with one attached hydrogen (secondary N) is 1. The van der Waals surface area contributed by atoms with Crippen molar-refractivity contribution in [2.75, 3.05) is 27.9 Å². The van der Waals surface area contributed by atoms with Crippen molar-refractivity contribution in [2.45, 2.75) is 19.4 Å². The van der Waals surface area contributed by atoms with Gasteiger partial charge in [-0.3, -0.25) is 4.79 Å². The van der Waals surface area contributed by atoms with Gasteiger partial charge in [0.05, 0.1) is 14.2 Å². The third kappa shape index (κ3) is 4.44. The number of carbonyl (C=O) groups is 1. The highest BCUT2D eigenvalue weighted by atomic mass is 16.5. The normalized spacial score (nSPS) is 11.8. The van der Waals surface area contributed by atoms with E-state index in [1.807, 2.05) is 18.2 Å². The molecule has 106 valence electrons. The van der Waals surface area contributed by atoms with Gasteiger partial charge in [-0.1, -0.05) is 6.07 Å². The van der Waals surface area contributed by atoms with Gasteiger partial charge in [0.15, 0.2) is 11.5 Å². The fraction of sp³-hybridized carbons (Fsp3) is 0.500. The maximum atomic E-state index is 11.5. The van der Waals surface area contributed by atoms with Gasteiger partial charge in [0, 0.05) is 13.7 Å². The van der Waals surface area contributed by atoms with Gasteiger partial charge in [-0.25, -0.2) is 0 Å². The molecule has 0 aliphatic heterocycles. The van der Waals surface area contributed by atoms with Crippen molar-refractivity contribution in [3.05, 3.63) is 23.8 Å². The van der Waals surface area contributed by atoms with Gasteiger partial charge in [0.2, 0.25) is 5.91 Å². The van der Waals surface area contributed by atoms with E-state index in [0.29, 0.717) is 18.0 Å². The first-order valence-corrected chi connectivity index (χ1v) is 6.13. The predicted octanol–water partition coefficient (Wildman–Crippen LogP) is 1.40. The third-order valence-electron chi connectivity index (χ3n) is 2.88. The average Bonchev–Trinajstić information content (AvgIpc) is 2.45. The minimum absolute atomic E-state index is 0.108. The minimum atomic E-state index is -0.426. The van der Waals surface area contributed by atoms with Gasteiger partial charge < -0.3 is 19.5 Å². The van der Waals surface area contributed by atoms with Crippen LogP contribution in [-0.2, 0) is 16.0 Å². The molecule has 1 aromatic rings. The van der Waals surface area contributed by atoms with E-state index in [2.05, 4.69) is 5.32 Å². The Morgan fingerprint density at radius 2 is 1.89 bits per heavy atom. The Morgan fingerprint density at radius 1 is 1.21 bits per heavy atom. The quantitative estimate of drug-likeness (QED) is 0.811. The topological polar surface area (TPSA) is 56.8 Å². The van der Waals surface area contributed by atoms with E-state index in [4.69, 9.17) is 14.2 Å². The summed E-state index contributed by atoms with van der Waals surface area (Å²) < 4.78 is 15.3. The Labute approximate surface area is 113 Å². The minimum Gasteiger partial charge on any atom is -0.493 e. The molecule has 1 atom stereocenters. The first-order valence-electron chi connectivity index (χ1n) is 6.13. The van der Waals surface area contributed by atoms with Gasteiger partial charge in [0.1, 0.15) is 6.10 Å². The Bertz CT molecular complexity index is 420. The molecule has 0 saturated carbocycles. The summed E-state index contributed by atoms with van der Waals surface area (Å²) in [5.74, 6) is 1.28. The van der Waals surface area contributed by atoms with Crippen LogP contribution in [-0.4, -0.2) is 39.9 Å². The molecule has 5 nitrogen and oxygen atoms in total. The van der Waals surface area contributed by atoms with Crippen LogP contribution in [0.4, 0.5) is 0 Å². The summed E-state index contributed by atoms with van der Waals surface area (Å²) in [6.07, 6.45) is 0.299. The van der Waals surface area contributed by atoms with Crippen LogP contribution in [0.2, 0.25) is 0 Å². The largest absolute Gasteiger partial charge is 0.493 e. The van der Waals surface area contributed by atoms with Crippen LogP contribution in [0.25, 0.3) is 0 Å². The summed E-state index contributed by atoms with van der Waals surface area (Å²) in [5, 5.41) is 2.81. The van der Waals surface area contributed by atoms with Crippen LogP contribution in [0.3, 0.4) is 0 Å². The Hall–Kier alpha value is -1.75. The summed E-state index contributed by atoms with van der Waals surface area (Å²) in [5.41, 5.74) is 1.07. The van der Waals surface area contributed by atoms with Crippen molar-refractivity contribution in [1.29, 1.82) is 0 Å². The summed E-state index contributed by atoms with van der Waals surface area (Å²) in [6, 6.07) is 5.71. The Balaban J connectivity index is 2.52. The molecule has 0 aliphatic rings. The van der Waals surface area contributed by atoms with Crippen LogP contribution in [0.5, 0.6) is 11.5 Å². The summed E-state index contributed by atoms with van der Waals surface area (Å²) in [4.78, 5) is 11.5. The lowest BCUT2D eigenvalue weighted by Gasteiger charge is -2.12. The van der Waals surface area contributed by atoms with Gasteiger partial charge in [-0.15, -0.1) is 0 Å². The van der Waals surface area contributed by atoms with E-state index in [-0.39, 0.29) is 5.91 Å². The van der Waals surface area contributed by atoms with Crippen molar-refractivity contribution >= 4 is 5.91 Å². The second kappa shape index (κ2) is 7.63. The van der Waals surface area contributed by atoms with Gasteiger partial charge >= 0.3 is 0 Å². The van der Waals surface area contributed by atoms with Crippen molar-refractivity contribution in [1.82, 2.24) is 5.32 Å². The molecule has 1 rings (SSSR count). The molecule has 0 spiro atoms. The van der Waals surface area contributed by atoms with Crippen LogP contribution >= 0.6 is 0 Å². The predicted molar refractivity (Wildman–Crippen MR) is 72.7 cm³/mol. The molecule has 0 saturated heterocycles. The first kappa shape index (κ1) is 15.3. The highest BCUT2D eigenvalue weighted by Crippen LogP contribution is 2.27. The Kier molecular flexibility index (Phi) is 6.15. The van der Waals surface area contributed by atoms with Gasteiger partial charge in [-0.2, -0.15) is 0 Å². The molecule has 0 fully saturated rings. The van der Waals surface area contributed by atoms with E-state index < -0.39 is 6.10 Å². The molecule has 1 amide bonds. The summed E-state index contributed by atoms with van der Waals surface area (Å²) >= 11 is 0. The third-order valence-corrected chi connectivity index (χ3v) is 2.88. The standard InChI is InChI=1S/C14H21NO4/c1-10(17-2)14(16)15-8-7-11-5-6-12(18-3)13(9-11)19-4/h5-6,9-10H,7-8H2,1-4H3,(H,15,16). The van der Waals surface area contributed by atoms with Crippen molar-refractivity contribution in [3.63, 3.8) is 0 Å². The molecule has 5 heteroatoms. The maximum Gasteiger partial charge on any atom is 0.248 e. The molecule has 1 aromatic carbocycles. The highest BCUT2D eigenvalue weighted by molar-refractivity contribution is 5.80. The van der Waals surface area contributed by atoms with Crippen LogP contribution in [0.1, 0.15) is 12.5 Å². The molecular weight excluding hydrogens is 246 g/mol. The van der Waals surface area contributed by atoms with Crippen LogP contribution < -0.4 is 14.8 Å². The zero-order valence-electron chi connectivity index (χ0n) is 11.9. The number of hydrogen-bond donors (Lipinski definition) is 1. The van der Waals surface area contributed by atoms with Crippen molar-refractivity contribution < 1.29 is 19.0 Å². The smallest absolute Gasteiger partial charge is 0.248 e. The van der Waals surface area contributed by atoms with Gasteiger partial charge in [-0.05, 0) is 31.0 Å². The maximum absolute atomic E-state index is 11.5. The average molecular weight is 267 g/mol. The summed E-state index contributed by atoms with van der Waals surface area (Å²) in [7, 11) is 4.71. The molecule has 0 radical (unpaired) electrons.